The number of piperidine rings is 1. The molecule has 1 heterocycles. The molecule has 4 heteroatoms. The van der Waals surface area contributed by atoms with E-state index in [9.17, 15) is 4.79 Å². The van der Waals surface area contributed by atoms with E-state index in [1.165, 1.54) is 12.8 Å². The molecule has 1 N–H and O–H groups in total. The van der Waals surface area contributed by atoms with Crippen molar-refractivity contribution in [1.29, 1.82) is 0 Å². The third-order valence-electron chi connectivity index (χ3n) is 2.79. The lowest BCUT2D eigenvalue weighted by atomic mass is 10.2. The van der Waals surface area contributed by atoms with Crippen LogP contribution >= 0.6 is 11.8 Å². The van der Waals surface area contributed by atoms with Crippen molar-refractivity contribution >= 4 is 17.7 Å². The number of amides is 1. The van der Waals surface area contributed by atoms with Crippen LogP contribution in [0.15, 0.2) is 0 Å². The lowest BCUT2D eigenvalue weighted by molar-refractivity contribution is -0.127. The van der Waals surface area contributed by atoms with E-state index in [2.05, 4.69) is 19.2 Å². The monoisotopic (exact) mass is 244 g/mol. The van der Waals surface area contributed by atoms with E-state index in [0.29, 0.717) is 16.9 Å². The summed E-state index contributed by atoms with van der Waals surface area (Å²) in [4.78, 5) is 13.7. The summed E-state index contributed by atoms with van der Waals surface area (Å²) in [6.45, 7) is 7.36. The minimum Gasteiger partial charge on any atom is -0.345 e. The van der Waals surface area contributed by atoms with Crippen molar-refractivity contribution in [3.05, 3.63) is 0 Å². The first-order valence-electron chi connectivity index (χ1n) is 6.16. The van der Waals surface area contributed by atoms with Crippen molar-refractivity contribution in [2.75, 3.05) is 32.4 Å². The Bertz CT molecular complexity index is 215. The largest absolute Gasteiger partial charge is 0.345 e. The number of carbonyl (C=O) groups excluding carboxylic acids is 1. The predicted octanol–water partition coefficient (Wildman–Crippen LogP) is 1.59. The highest BCUT2D eigenvalue weighted by molar-refractivity contribution is 8.00. The molecule has 3 nitrogen and oxygen atoms in total. The fourth-order valence-electron chi connectivity index (χ4n) is 1.91. The molecule has 0 aromatic carbocycles. The maximum Gasteiger partial charge on any atom is 0.232 e. The summed E-state index contributed by atoms with van der Waals surface area (Å²) in [6.07, 6.45) is 2.40. The molecular weight excluding hydrogens is 220 g/mol. The average molecular weight is 244 g/mol. The van der Waals surface area contributed by atoms with Gasteiger partial charge in [0.15, 0.2) is 0 Å². The van der Waals surface area contributed by atoms with Gasteiger partial charge < -0.3 is 10.2 Å². The van der Waals surface area contributed by atoms with Crippen molar-refractivity contribution in [3.63, 3.8) is 0 Å². The quantitative estimate of drug-likeness (QED) is 0.797. The van der Waals surface area contributed by atoms with Gasteiger partial charge in [0.05, 0.1) is 5.75 Å². The maximum absolute atomic E-state index is 11.8. The van der Waals surface area contributed by atoms with Crippen LogP contribution < -0.4 is 5.32 Å². The van der Waals surface area contributed by atoms with Gasteiger partial charge in [-0.15, -0.1) is 11.8 Å². The fourth-order valence-corrected chi connectivity index (χ4v) is 3.08. The zero-order valence-electron chi connectivity index (χ0n) is 10.7. The van der Waals surface area contributed by atoms with Crippen LogP contribution in [0.25, 0.3) is 0 Å². The fraction of sp³-hybridized carbons (Fsp3) is 0.917. The van der Waals surface area contributed by atoms with Crippen LogP contribution in [-0.2, 0) is 4.79 Å². The summed E-state index contributed by atoms with van der Waals surface area (Å²) < 4.78 is 0. The van der Waals surface area contributed by atoms with Gasteiger partial charge in [-0.25, -0.2) is 0 Å². The first kappa shape index (κ1) is 13.8. The van der Waals surface area contributed by atoms with E-state index >= 15 is 0 Å². The summed E-state index contributed by atoms with van der Waals surface area (Å²) in [5, 5.41) is 4.02. The molecule has 1 amide bonds. The minimum absolute atomic E-state index is 0.275. The Balaban J connectivity index is 2.17. The maximum atomic E-state index is 11.8. The van der Waals surface area contributed by atoms with Gasteiger partial charge in [0, 0.05) is 18.8 Å². The van der Waals surface area contributed by atoms with Gasteiger partial charge in [-0.2, -0.15) is 0 Å². The Labute approximate surface area is 103 Å². The molecule has 0 spiro atoms. The number of hydrogen-bond acceptors (Lipinski definition) is 3. The van der Waals surface area contributed by atoms with Crippen LogP contribution in [0.1, 0.15) is 26.7 Å². The molecule has 1 fully saturated rings. The molecule has 0 unspecified atom stereocenters. The topological polar surface area (TPSA) is 32.3 Å². The normalized spacial score (nSPS) is 17.8. The van der Waals surface area contributed by atoms with Crippen LogP contribution in [0.2, 0.25) is 0 Å². The summed E-state index contributed by atoms with van der Waals surface area (Å²) in [5.74, 6) is 1.48. The Hall–Kier alpha value is -0.220. The Morgan fingerprint density at radius 1 is 1.44 bits per heavy atom. The zero-order valence-corrected chi connectivity index (χ0v) is 11.5. The van der Waals surface area contributed by atoms with E-state index in [1.54, 1.807) is 0 Å². The number of rotatable bonds is 5. The minimum atomic E-state index is 0.275. The highest BCUT2D eigenvalue weighted by Gasteiger charge is 2.16. The highest BCUT2D eigenvalue weighted by Crippen LogP contribution is 2.20. The molecule has 0 saturated carbocycles. The lowest BCUT2D eigenvalue weighted by Gasteiger charge is -2.24. The number of carbonyl (C=O) groups is 1. The van der Waals surface area contributed by atoms with Crippen molar-refractivity contribution in [3.8, 4) is 0 Å². The van der Waals surface area contributed by atoms with E-state index in [-0.39, 0.29) is 5.91 Å². The molecule has 16 heavy (non-hydrogen) atoms. The molecular formula is C12H24N2OS. The molecule has 0 radical (unpaired) electrons. The second-order valence-corrected chi connectivity index (χ2v) is 6.22. The van der Waals surface area contributed by atoms with Gasteiger partial charge in [0.1, 0.15) is 0 Å². The van der Waals surface area contributed by atoms with Crippen LogP contribution in [0.5, 0.6) is 0 Å². The molecule has 0 aliphatic carbocycles. The van der Waals surface area contributed by atoms with E-state index in [1.807, 2.05) is 23.7 Å². The van der Waals surface area contributed by atoms with E-state index < -0.39 is 0 Å². The average Bonchev–Trinajstić information content (AvgIpc) is 2.26. The number of thioether (sulfide) groups is 1. The van der Waals surface area contributed by atoms with Crippen molar-refractivity contribution in [1.82, 2.24) is 10.2 Å². The zero-order chi connectivity index (χ0) is 12.0. The molecule has 0 atom stereocenters. The standard InChI is InChI=1S/C12H24N2OS/c1-10(2)8-14(3)12(15)9-16-11-4-6-13-7-5-11/h10-11,13H,4-9H2,1-3H3. The van der Waals surface area contributed by atoms with Gasteiger partial charge >= 0.3 is 0 Å². The summed E-state index contributed by atoms with van der Waals surface area (Å²) in [6, 6.07) is 0. The molecule has 1 rings (SSSR count). The second kappa shape index (κ2) is 7.17. The molecule has 0 bridgehead atoms. The van der Waals surface area contributed by atoms with E-state index in [0.717, 1.165) is 19.6 Å². The van der Waals surface area contributed by atoms with Gasteiger partial charge in [-0.05, 0) is 31.8 Å². The van der Waals surface area contributed by atoms with Gasteiger partial charge in [-0.3, -0.25) is 4.79 Å². The first-order valence-corrected chi connectivity index (χ1v) is 7.20. The van der Waals surface area contributed by atoms with Crippen LogP contribution in [0.4, 0.5) is 0 Å². The molecule has 1 aliphatic heterocycles. The first-order chi connectivity index (χ1) is 7.59. The Morgan fingerprint density at radius 2 is 2.06 bits per heavy atom. The summed E-state index contributed by atoms with van der Waals surface area (Å²) >= 11 is 1.83. The Morgan fingerprint density at radius 3 is 2.62 bits per heavy atom. The van der Waals surface area contributed by atoms with Gasteiger partial charge in [0.2, 0.25) is 5.91 Å². The second-order valence-electron chi connectivity index (χ2n) is 4.93. The third-order valence-corrected chi connectivity index (χ3v) is 4.15. The van der Waals surface area contributed by atoms with Crippen LogP contribution in [0, 0.1) is 5.92 Å². The number of hydrogen-bond donors (Lipinski definition) is 1. The number of nitrogens with one attached hydrogen (secondary N) is 1. The third kappa shape index (κ3) is 5.21. The van der Waals surface area contributed by atoms with Crippen LogP contribution in [0.3, 0.4) is 0 Å². The SMILES string of the molecule is CC(C)CN(C)C(=O)CSC1CCNCC1. The predicted molar refractivity (Wildman–Crippen MR) is 70.8 cm³/mol. The number of nitrogens with zero attached hydrogens (tertiary/aromatic N) is 1. The molecule has 0 aromatic rings. The molecule has 94 valence electrons. The Kier molecular flexibility index (Phi) is 6.21. The van der Waals surface area contributed by atoms with Crippen molar-refractivity contribution < 1.29 is 4.79 Å². The van der Waals surface area contributed by atoms with Crippen molar-refractivity contribution in [2.24, 2.45) is 5.92 Å². The highest BCUT2D eigenvalue weighted by atomic mass is 32.2. The summed E-state index contributed by atoms with van der Waals surface area (Å²) in [7, 11) is 1.91. The van der Waals surface area contributed by atoms with E-state index in [4.69, 9.17) is 0 Å². The summed E-state index contributed by atoms with van der Waals surface area (Å²) in [5.41, 5.74) is 0. The molecule has 1 aliphatic rings. The van der Waals surface area contributed by atoms with Crippen molar-refractivity contribution in [2.45, 2.75) is 31.9 Å². The molecule has 1 saturated heterocycles. The van der Waals surface area contributed by atoms with Gasteiger partial charge in [0.25, 0.3) is 0 Å². The van der Waals surface area contributed by atoms with Gasteiger partial charge in [-0.1, -0.05) is 13.8 Å². The molecule has 0 aromatic heterocycles. The lowest BCUT2D eigenvalue weighted by Crippen LogP contribution is -2.33. The smallest absolute Gasteiger partial charge is 0.232 e. The van der Waals surface area contributed by atoms with Crippen LogP contribution in [-0.4, -0.2) is 48.5 Å².